The SMILES string of the molecule is [N-]=[N+]=CC(=O)NCC(=O)NN. The average molecular weight is 157 g/mol. The van der Waals surface area contributed by atoms with Gasteiger partial charge in [-0.1, -0.05) is 0 Å². The molecule has 7 nitrogen and oxygen atoms in total. The van der Waals surface area contributed by atoms with Crippen LogP contribution in [0.25, 0.3) is 5.53 Å². The van der Waals surface area contributed by atoms with Crippen LogP contribution in [0.15, 0.2) is 0 Å². The summed E-state index contributed by atoms with van der Waals surface area (Å²) in [5, 5.41) is 2.09. The first kappa shape index (κ1) is 9.28. The number of rotatable bonds is 3. The van der Waals surface area contributed by atoms with Crippen molar-refractivity contribution < 1.29 is 14.4 Å². The van der Waals surface area contributed by atoms with Crippen molar-refractivity contribution in [1.29, 1.82) is 0 Å². The molecule has 11 heavy (non-hydrogen) atoms. The molecule has 0 heterocycles. The number of nitrogens with one attached hydrogen (secondary N) is 2. The van der Waals surface area contributed by atoms with E-state index in [1.165, 1.54) is 0 Å². The van der Waals surface area contributed by atoms with E-state index >= 15 is 0 Å². The van der Waals surface area contributed by atoms with Crippen molar-refractivity contribution in [2.24, 2.45) is 5.84 Å². The lowest BCUT2D eigenvalue weighted by atomic mass is 10.5. The first-order valence-corrected chi connectivity index (χ1v) is 2.65. The smallest absolute Gasteiger partial charge is 0.344 e. The van der Waals surface area contributed by atoms with Gasteiger partial charge in [0.2, 0.25) is 0 Å². The normalized spacial score (nSPS) is 7.73. The number of nitrogens with two attached hydrogens (primary N) is 1. The number of carbonyl (C=O) groups is 2. The summed E-state index contributed by atoms with van der Waals surface area (Å²) >= 11 is 0. The van der Waals surface area contributed by atoms with Crippen molar-refractivity contribution >= 4 is 18.0 Å². The van der Waals surface area contributed by atoms with Crippen molar-refractivity contribution in [2.75, 3.05) is 6.54 Å². The number of hydrogen-bond acceptors (Lipinski definition) is 3. The van der Waals surface area contributed by atoms with Gasteiger partial charge in [0.05, 0.1) is 6.54 Å². The Labute approximate surface area is 62.1 Å². The third kappa shape index (κ3) is 4.76. The summed E-state index contributed by atoms with van der Waals surface area (Å²) in [6.45, 7) is -0.249. The quantitative estimate of drug-likeness (QED) is 0.104. The Bertz CT molecular complexity index is 207. The van der Waals surface area contributed by atoms with Crippen molar-refractivity contribution in [2.45, 2.75) is 0 Å². The molecule has 0 saturated heterocycles. The minimum Gasteiger partial charge on any atom is -0.361 e. The molecule has 0 aliphatic heterocycles. The highest BCUT2D eigenvalue weighted by molar-refractivity contribution is 6.24. The first-order chi connectivity index (χ1) is 5.20. The minimum absolute atomic E-state index is 0.249. The van der Waals surface area contributed by atoms with Crippen LogP contribution in [0.4, 0.5) is 0 Å². The van der Waals surface area contributed by atoms with E-state index in [2.05, 4.69) is 10.1 Å². The van der Waals surface area contributed by atoms with E-state index in [1.807, 2.05) is 0 Å². The summed E-state index contributed by atoms with van der Waals surface area (Å²) in [6.07, 6.45) is 0.629. The van der Waals surface area contributed by atoms with Crippen LogP contribution in [0.1, 0.15) is 0 Å². The maximum Gasteiger partial charge on any atom is 0.344 e. The molecule has 0 unspecified atom stereocenters. The molecule has 0 aliphatic rings. The molecule has 0 aliphatic carbocycles. The zero-order chi connectivity index (χ0) is 8.69. The second-order valence-electron chi connectivity index (χ2n) is 1.53. The molecule has 0 aromatic heterocycles. The zero-order valence-corrected chi connectivity index (χ0v) is 5.57. The number of nitrogens with zero attached hydrogens (tertiary/aromatic N) is 2. The predicted octanol–water partition coefficient (Wildman–Crippen LogP) is -2.61. The van der Waals surface area contributed by atoms with Gasteiger partial charge in [0.25, 0.3) is 5.91 Å². The molecule has 0 bridgehead atoms. The predicted molar refractivity (Wildman–Crippen MR) is 35.0 cm³/mol. The molecule has 4 N–H and O–H groups in total. The largest absolute Gasteiger partial charge is 0.361 e. The van der Waals surface area contributed by atoms with Crippen LogP contribution >= 0.6 is 0 Å². The molecule has 7 heteroatoms. The lowest BCUT2D eigenvalue weighted by Crippen LogP contribution is -2.40. The topological polar surface area (TPSA) is 121 Å². The summed E-state index contributed by atoms with van der Waals surface area (Å²) in [6, 6.07) is 0. The van der Waals surface area contributed by atoms with Gasteiger partial charge in [0, 0.05) is 0 Å². The fraction of sp³-hybridized carbons (Fsp3) is 0.250. The fourth-order valence-corrected chi connectivity index (χ4v) is 0.317. The fourth-order valence-electron chi connectivity index (χ4n) is 0.317. The zero-order valence-electron chi connectivity index (χ0n) is 5.57. The van der Waals surface area contributed by atoms with Crippen molar-refractivity contribution in [3.63, 3.8) is 0 Å². The molecule has 0 rings (SSSR count). The minimum atomic E-state index is -0.670. The molecule has 0 aromatic rings. The standard InChI is InChI=1S/C4H7N5O2/c5-8-2-3(10)7-1-4(11)9-6/h2H,1,6H2,(H,7,10)(H,9,11). The van der Waals surface area contributed by atoms with Crippen LogP contribution in [0.5, 0.6) is 0 Å². The van der Waals surface area contributed by atoms with Crippen molar-refractivity contribution in [3.8, 4) is 0 Å². The number of hydrazine groups is 1. The van der Waals surface area contributed by atoms with Crippen molar-refractivity contribution in [1.82, 2.24) is 10.7 Å². The lowest BCUT2D eigenvalue weighted by molar-refractivity contribution is -0.124. The van der Waals surface area contributed by atoms with E-state index in [1.54, 1.807) is 5.43 Å². The summed E-state index contributed by atoms with van der Waals surface area (Å²) in [7, 11) is 0. The van der Waals surface area contributed by atoms with Gasteiger partial charge in [0.15, 0.2) is 0 Å². The van der Waals surface area contributed by atoms with E-state index in [-0.39, 0.29) is 6.54 Å². The van der Waals surface area contributed by atoms with Crippen molar-refractivity contribution in [3.05, 3.63) is 5.53 Å². The Hall–Kier alpha value is -1.72. The van der Waals surface area contributed by atoms with E-state index < -0.39 is 11.8 Å². The summed E-state index contributed by atoms with van der Waals surface area (Å²) < 4.78 is 0. The van der Waals surface area contributed by atoms with E-state index in [0.29, 0.717) is 6.21 Å². The third-order valence-corrected chi connectivity index (χ3v) is 0.759. The molecular weight excluding hydrogens is 150 g/mol. The van der Waals surface area contributed by atoms with Gasteiger partial charge in [-0.05, 0) is 0 Å². The van der Waals surface area contributed by atoms with Crippen LogP contribution in [-0.2, 0) is 9.59 Å². The molecule has 0 fully saturated rings. The Morgan fingerprint density at radius 3 is 2.73 bits per heavy atom. The molecular formula is C4H7N5O2. The molecule has 60 valence electrons. The van der Waals surface area contributed by atoms with E-state index in [4.69, 9.17) is 11.4 Å². The van der Waals surface area contributed by atoms with Crippen LogP contribution in [0.3, 0.4) is 0 Å². The van der Waals surface area contributed by atoms with E-state index in [9.17, 15) is 9.59 Å². The molecule has 0 atom stereocenters. The Kier molecular flexibility index (Phi) is 4.30. The van der Waals surface area contributed by atoms with Gasteiger partial charge < -0.3 is 10.8 Å². The molecule has 2 amide bonds. The van der Waals surface area contributed by atoms with Crippen LogP contribution in [0.2, 0.25) is 0 Å². The van der Waals surface area contributed by atoms with E-state index in [0.717, 1.165) is 0 Å². The molecule has 0 saturated carbocycles. The second kappa shape index (κ2) is 5.10. The molecule has 0 radical (unpaired) electrons. The number of hydrogen-bond donors (Lipinski definition) is 3. The van der Waals surface area contributed by atoms with Crippen LogP contribution < -0.4 is 16.6 Å². The van der Waals surface area contributed by atoms with Gasteiger partial charge in [-0.15, -0.1) is 0 Å². The number of amides is 2. The van der Waals surface area contributed by atoms with Crippen LogP contribution in [-0.4, -0.2) is 29.4 Å². The Morgan fingerprint density at radius 1 is 1.64 bits per heavy atom. The third-order valence-electron chi connectivity index (χ3n) is 0.759. The van der Waals surface area contributed by atoms with Gasteiger partial charge >= 0.3 is 12.1 Å². The van der Waals surface area contributed by atoms with Gasteiger partial charge in [-0.25, -0.2) is 5.84 Å². The highest BCUT2D eigenvalue weighted by atomic mass is 16.2. The Morgan fingerprint density at radius 2 is 2.27 bits per heavy atom. The van der Waals surface area contributed by atoms with Gasteiger partial charge in [-0.3, -0.25) is 15.0 Å². The van der Waals surface area contributed by atoms with Gasteiger partial charge in [-0.2, -0.15) is 4.79 Å². The summed E-state index contributed by atoms with van der Waals surface area (Å²) in [4.78, 5) is 23.2. The maximum absolute atomic E-state index is 10.4. The first-order valence-electron chi connectivity index (χ1n) is 2.65. The summed E-state index contributed by atoms with van der Waals surface area (Å²) in [5.41, 5.74) is 9.64. The second-order valence-corrected chi connectivity index (χ2v) is 1.53. The molecule has 0 spiro atoms. The number of carbonyl (C=O) groups excluding carboxylic acids is 2. The van der Waals surface area contributed by atoms with Gasteiger partial charge in [0.1, 0.15) is 0 Å². The lowest BCUT2D eigenvalue weighted by Gasteiger charge is -1.96. The summed E-state index contributed by atoms with van der Waals surface area (Å²) in [5.74, 6) is 3.49. The maximum atomic E-state index is 10.4. The molecule has 0 aromatic carbocycles. The average Bonchev–Trinajstić information content (AvgIpc) is 2.01. The highest BCUT2D eigenvalue weighted by Crippen LogP contribution is 1.59. The van der Waals surface area contributed by atoms with Crippen LogP contribution in [0, 0.1) is 0 Å². The Balaban J connectivity index is 3.62. The highest BCUT2D eigenvalue weighted by Gasteiger charge is 2.03. The monoisotopic (exact) mass is 157 g/mol.